The first-order valence-electron chi connectivity index (χ1n) is 5.04. The highest BCUT2D eigenvalue weighted by atomic mass is 79.9. The number of halogens is 2. The van der Waals surface area contributed by atoms with Gasteiger partial charge in [-0.1, -0.05) is 62.2 Å². The first kappa shape index (κ1) is 13.2. The molecule has 0 aliphatic rings. The Kier molecular flexibility index (Phi) is 5.87. The Balaban J connectivity index is 2.89. The van der Waals surface area contributed by atoms with Gasteiger partial charge in [-0.3, -0.25) is 0 Å². The summed E-state index contributed by atoms with van der Waals surface area (Å²) in [6.45, 7) is 3.52. The van der Waals surface area contributed by atoms with E-state index >= 15 is 0 Å². The van der Waals surface area contributed by atoms with E-state index in [4.69, 9.17) is 4.74 Å². The lowest BCUT2D eigenvalue weighted by Gasteiger charge is -2.30. The van der Waals surface area contributed by atoms with Crippen molar-refractivity contribution in [1.29, 1.82) is 0 Å². The molecule has 0 radical (unpaired) electrons. The van der Waals surface area contributed by atoms with Crippen molar-refractivity contribution in [3.63, 3.8) is 0 Å². The molecule has 0 bridgehead atoms. The molecule has 3 heteroatoms. The van der Waals surface area contributed by atoms with Crippen LogP contribution >= 0.6 is 31.9 Å². The van der Waals surface area contributed by atoms with Crippen molar-refractivity contribution in [2.24, 2.45) is 0 Å². The zero-order valence-electron chi connectivity index (χ0n) is 8.88. The molecule has 0 fully saturated rings. The van der Waals surface area contributed by atoms with Crippen LogP contribution in [0, 0.1) is 0 Å². The summed E-state index contributed by atoms with van der Waals surface area (Å²) in [7, 11) is 0. The van der Waals surface area contributed by atoms with E-state index in [-0.39, 0.29) is 5.41 Å². The highest BCUT2D eigenvalue weighted by molar-refractivity contribution is 9.09. The van der Waals surface area contributed by atoms with E-state index in [1.165, 1.54) is 5.56 Å². The number of rotatable bonds is 6. The molecule has 0 spiro atoms. The molecule has 0 N–H and O–H groups in total. The van der Waals surface area contributed by atoms with Gasteiger partial charge < -0.3 is 4.74 Å². The lowest BCUT2D eigenvalue weighted by Crippen LogP contribution is -2.35. The summed E-state index contributed by atoms with van der Waals surface area (Å²) in [5, 5.41) is 1.80. The molecular formula is C12H16Br2O. The largest absolute Gasteiger partial charge is 0.381 e. The third-order valence-corrected chi connectivity index (χ3v) is 4.63. The van der Waals surface area contributed by atoms with Crippen LogP contribution in [0.1, 0.15) is 12.5 Å². The van der Waals surface area contributed by atoms with Gasteiger partial charge >= 0.3 is 0 Å². The van der Waals surface area contributed by atoms with Crippen LogP contribution in [0.4, 0.5) is 0 Å². The third kappa shape index (κ3) is 3.30. The second kappa shape index (κ2) is 6.66. The molecule has 0 saturated carbocycles. The van der Waals surface area contributed by atoms with Crippen molar-refractivity contribution in [3.05, 3.63) is 35.9 Å². The minimum absolute atomic E-state index is 0.0390. The summed E-state index contributed by atoms with van der Waals surface area (Å²) in [4.78, 5) is 0. The molecular weight excluding hydrogens is 320 g/mol. The maximum Gasteiger partial charge on any atom is 0.0578 e. The van der Waals surface area contributed by atoms with E-state index in [1.54, 1.807) is 0 Å². The van der Waals surface area contributed by atoms with Gasteiger partial charge in [0.15, 0.2) is 0 Å². The molecule has 0 heterocycles. The van der Waals surface area contributed by atoms with Crippen molar-refractivity contribution >= 4 is 31.9 Å². The van der Waals surface area contributed by atoms with Crippen LogP contribution in [0.25, 0.3) is 0 Å². The van der Waals surface area contributed by atoms with E-state index in [9.17, 15) is 0 Å². The minimum atomic E-state index is 0.0390. The van der Waals surface area contributed by atoms with E-state index in [0.717, 1.165) is 23.9 Å². The third-order valence-electron chi connectivity index (χ3n) is 2.48. The van der Waals surface area contributed by atoms with Crippen LogP contribution in [-0.2, 0) is 10.2 Å². The molecule has 0 saturated heterocycles. The van der Waals surface area contributed by atoms with Gasteiger partial charge in [0.1, 0.15) is 0 Å². The lowest BCUT2D eigenvalue weighted by molar-refractivity contribution is 0.110. The topological polar surface area (TPSA) is 9.23 Å². The zero-order valence-corrected chi connectivity index (χ0v) is 12.1. The summed E-state index contributed by atoms with van der Waals surface area (Å²) < 4.78 is 5.58. The quantitative estimate of drug-likeness (QED) is 0.719. The standard InChI is InChI=1S/C12H16Br2O/c1-2-15-10-12(8-13,9-14)11-6-4-3-5-7-11/h3-7H,2,8-10H2,1H3. The maximum absolute atomic E-state index is 5.58. The Morgan fingerprint density at radius 1 is 1.13 bits per heavy atom. The monoisotopic (exact) mass is 334 g/mol. The van der Waals surface area contributed by atoms with Crippen molar-refractivity contribution in [1.82, 2.24) is 0 Å². The Hall–Kier alpha value is 0.140. The van der Waals surface area contributed by atoms with Crippen molar-refractivity contribution in [3.8, 4) is 0 Å². The van der Waals surface area contributed by atoms with E-state index in [2.05, 4.69) is 56.1 Å². The molecule has 1 rings (SSSR count). The van der Waals surface area contributed by atoms with Gasteiger partial charge in [-0.05, 0) is 12.5 Å². The minimum Gasteiger partial charge on any atom is -0.381 e. The molecule has 15 heavy (non-hydrogen) atoms. The van der Waals surface area contributed by atoms with Crippen LogP contribution in [0.2, 0.25) is 0 Å². The average molecular weight is 336 g/mol. The van der Waals surface area contributed by atoms with Gasteiger partial charge in [0, 0.05) is 22.7 Å². The van der Waals surface area contributed by atoms with Gasteiger partial charge in [0.25, 0.3) is 0 Å². The van der Waals surface area contributed by atoms with Crippen molar-refractivity contribution < 1.29 is 4.74 Å². The normalized spacial score (nSPS) is 11.7. The molecule has 1 nitrogen and oxygen atoms in total. The van der Waals surface area contributed by atoms with E-state index in [0.29, 0.717) is 0 Å². The first-order chi connectivity index (χ1) is 7.29. The molecule has 0 aromatic heterocycles. The van der Waals surface area contributed by atoms with Crippen molar-refractivity contribution in [2.75, 3.05) is 23.9 Å². The number of hydrogen-bond donors (Lipinski definition) is 0. The highest BCUT2D eigenvalue weighted by Crippen LogP contribution is 2.29. The fourth-order valence-corrected chi connectivity index (χ4v) is 3.34. The lowest BCUT2D eigenvalue weighted by atomic mass is 9.85. The molecule has 0 aliphatic carbocycles. The summed E-state index contributed by atoms with van der Waals surface area (Å²) >= 11 is 7.18. The number of ether oxygens (including phenoxy) is 1. The Bertz CT molecular complexity index is 270. The predicted octanol–water partition coefficient (Wildman–Crippen LogP) is 3.75. The number of benzene rings is 1. The Morgan fingerprint density at radius 2 is 1.73 bits per heavy atom. The molecule has 0 amide bonds. The SMILES string of the molecule is CCOCC(CBr)(CBr)c1ccccc1. The van der Waals surface area contributed by atoms with Gasteiger partial charge in [-0.25, -0.2) is 0 Å². The van der Waals surface area contributed by atoms with Crippen LogP contribution < -0.4 is 0 Å². The van der Waals surface area contributed by atoms with Gasteiger partial charge in [0.05, 0.1) is 6.61 Å². The molecule has 0 atom stereocenters. The van der Waals surface area contributed by atoms with Crippen LogP contribution in [0.3, 0.4) is 0 Å². The van der Waals surface area contributed by atoms with Crippen LogP contribution in [-0.4, -0.2) is 23.9 Å². The molecule has 1 aromatic carbocycles. The second-order valence-corrected chi connectivity index (χ2v) is 4.67. The predicted molar refractivity (Wildman–Crippen MR) is 72.2 cm³/mol. The number of alkyl halides is 2. The van der Waals surface area contributed by atoms with Gasteiger partial charge in [0.2, 0.25) is 0 Å². The van der Waals surface area contributed by atoms with Crippen LogP contribution in [0.5, 0.6) is 0 Å². The molecule has 84 valence electrons. The summed E-state index contributed by atoms with van der Waals surface area (Å²) in [6.07, 6.45) is 0. The summed E-state index contributed by atoms with van der Waals surface area (Å²) in [5.41, 5.74) is 1.35. The fraction of sp³-hybridized carbons (Fsp3) is 0.500. The zero-order chi connectivity index (χ0) is 11.1. The fourth-order valence-electron chi connectivity index (χ4n) is 1.44. The van der Waals surface area contributed by atoms with Crippen molar-refractivity contribution in [2.45, 2.75) is 12.3 Å². The van der Waals surface area contributed by atoms with E-state index in [1.807, 2.05) is 13.0 Å². The average Bonchev–Trinajstić information content (AvgIpc) is 2.33. The molecule has 0 aliphatic heterocycles. The molecule has 1 aromatic rings. The van der Waals surface area contributed by atoms with Gasteiger partial charge in [-0.2, -0.15) is 0 Å². The smallest absolute Gasteiger partial charge is 0.0578 e. The Morgan fingerprint density at radius 3 is 2.20 bits per heavy atom. The van der Waals surface area contributed by atoms with Crippen LogP contribution in [0.15, 0.2) is 30.3 Å². The first-order valence-corrected chi connectivity index (χ1v) is 7.28. The second-order valence-electron chi connectivity index (χ2n) is 3.55. The van der Waals surface area contributed by atoms with Gasteiger partial charge in [-0.15, -0.1) is 0 Å². The highest BCUT2D eigenvalue weighted by Gasteiger charge is 2.30. The number of hydrogen-bond acceptors (Lipinski definition) is 1. The molecule has 0 unspecified atom stereocenters. The summed E-state index contributed by atoms with van der Waals surface area (Å²) in [5.74, 6) is 0. The Labute approximate surface area is 108 Å². The maximum atomic E-state index is 5.58. The summed E-state index contributed by atoms with van der Waals surface area (Å²) in [6, 6.07) is 10.5. The van der Waals surface area contributed by atoms with E-state index < -0.39 is 0 Å².